The lowest BCUT2D eigenvalue weighted by molar-refractivity contribution is -0.138. The van der Waals surface area contributed by atoms with Crippen LogP contribution in [0.1, 0.15) is 25.3 Å². The second-order valence-corrected chi connectivity index (χ2v) is 9.06. The fourth-order valence-corrected chi connectivity index (χ4v) is 6.95. The van der Waals surface area contributed by atoms with E-state index >= 15 is 0 Å². The highest BCUT2D eigenvalue weighted by Gasteiger charge is 2.75. The average Bonchev–Trinajstić information content (AvgIpc) is 3.31. The van der Waals surface area contributed by atoms with E-state index in [0.29, 0.717) is 12.0 Å². The summed E-state index contributed by atoms with van der Waals surface area (Å²) in [6.45, 7) is 3.65. The molecule has 3 saturated heterocycles. The fourth-order valence-electron chi connectivity index (χ4n) is 6.95. The van der Waals surface area contributed by atoms with Gasteiger partial charge in [-0.15, -0.1) is 0 Å². The van der Waals surface area contributed by atoms with Crippen LogP contribution < -0.4 is 10.1 Å². The van der Waals surface area contributed by atoms with Crippen LogP contribution in [0.5, 0.6) is 5.75 Å². The topological polar surface area (TPSA) is 83.6 Å². The summed E-state index contributed by atoms with van der Waals surface area (Å²) in [6, 6.07) is 6.17. The standard InChI is InChI=1S/C22H26N2O5/c1-11(25)22-9-13(19(26)28-3)17-21(14-5-4-12(27-2)8-15(14)23-17)6-7-24(20(21)22)10-16-18(22)29-16/h4-5,8,11,16,18,20,23,25H,6-7,9-10H2,1-3H3/t11-,16-,18-,20-,21-,22-/m0/s1. The van der Waals surface area contributed by atoms with E-state index in [1.807, 2.05) is 19.1 Å². The summed E-state index contributed by atoms with van der Waals surface area (Å²) in [4.78, 5) is 15.4. The van der Waals surface area contributed by atoms with Gasteiger partial charge >= 0.3 is 5.97 Å². The lowest BCUT2D eigenvalue weighted by Crippen LogP contribution is -2.66. The molecule has 0 aromatic heterocycles. The molecule has 0 amide bonds. The van der Waals surface area contributed by atoms with E-state index in [9.17, 15) is 9.90 Å². The Morgan fingerprint density at radius 3 is 2.97 bits per heavy atom. The van der Waals surface area contributed by atoms with Crippen molar-refractivity contribution < 1.29 is 24.1 Å². The maximum atomic E-state index is 12.9. The Balaban J connectivity index is 1.65. The van der Waals surface area contributed by atoms with Gasteiger partial charge in [-0.05, 0) is 37.9 Å². The molecule has 5 aliphatic rings. The third-order valence-corrected chi connectivity index (χ3v) is 8.07. The number of hydrogen-bond acceptors (Lipinski definition) is 7. The summed E-state index contributed by atoms with van der Waals surface area (Å²) >= 11 is 0. The van der Waals surface area contributed by atoms with Crippen molar-refractivity contribution in [3.8, 4) is 5.75 Å². The molecule has 2 N–H and O–H groups in total. The van der Waals surface area contributed by atoms with Crippen molar-refractivity contribution in [2.45, 2.75) is 49.5 Å². The fraction of sp³-hybridized carbons (Fsp3) is 0.591. The highest BCUT2D eigenvalue weighted by atomic mass is 16.6. The first-order chi connectivity index (χ1) is 14.0. The van der Waals surface area contributed by atoms with Crippen LogP contribution in [0.25, 0.3) is 0 Å². The Bertz CT molecular complexity index is 959. The number of hydrogen-bond donors (Lipinski definition) is 2. The molecule has 4 aliphatic heterocycles. The quantitative estimate of drug-likeness (QED) is 0.588. The Kier molecular flexibility index (Phi) is 3.38. The molecule has 154 valence electrons. The van der Waals surface area contributed by atoms with Gasteiger partial charge in [0.2, 0.25) is 0 Å². The highest BCUT2D eigenvalue weighted by molar-refractivity contribution is 5.93. The van der Waals surface area contributed by atoms with Crippen LogP contribution in [0.4, 0.5) is 5.69 Å². The lowest BCUT2D eigenvalue weighted by Gasteiger charge is -2.55. The predicted octanol–water partition coefficient (Wildman–Crippen LogP) is 1.41. The van der Waals surface area contributed by atoms with Gasteiger partial charge in [-0.2, -0.15) is 0 Å². The molecular formula is C22H26N2O5. The van der Waals surface area contributed by atoms with Crippen molar-refractivity contribution in [1.82, 2.24) is 4.90 Å². The number of aliphatic hydroxyl groups excluding tert-OH is 1. The summed E-state index contributed by atoms with van der Waals surface area (Å²) in [6.07, 6.45) is 0.856. The molecule has 4 heterocycles. The van der Waals surface area contributed by atoms with Crippen LogP contribution in [0.3, 0.4) is 0 Å². The maximum Gasteiger partial charge on any atom is 0.335 e. The molecule has 1 aromatic carbocycles. The van der Waals surface area contributed by atoms with Gasteiger partial charge in [0.15, 0.2) is 0 Å². The average molecular weight is 398 g/mol. The van der Waals surface area contributed by atoms with E-state index in [1.54, 1.807) is 7.11 Å². The second kappa shape index (κ2) is 5.53. The van der Waals surface area contributed by atoms with Crippen LogP contribution in [0, 0.1) is 5.41 Å². The number of carbonyl (C=O) groups excluding carboxylic acids is 1. The number of rotatable bonds is 3. The minimum Gasteiger partial charge on any atom is -0.497 e. The van der Waals surface area contributed by atoms with Crippen molar-refractivity contribution >= 4 is 11.7 Å². The van der Waals surface area contributed by atoms with Gasteiger partial charge in [0.05, 0.1) is 43.5 Å². The van der Waals surface area contributed by atoms with Crippen molar-refractivity contribution in [3.05, 3.63) is 35.0 Å². The molecule has 1 aliphatic carbocycles. The van der Waals surface area contributed by atoms with E-state index in [-0.39, 0.29) is 29.6 Å². The Morgan fingerprint density at radius 1 is 1.41 bits per heavy atom. The van der Waals surface area contributed by atoms with Gasteiger partial charge in [0.25, 0.3) is 0 Å². The largest absolute Gasteiger partial charge is 0.497 e. The van der Waals surface area contributed by atoms with Gasteiger partial charge in [-0.3, -0.25) is 4.90 Å². The number of nitrogens with zero attached hydrogens (tertiary/aromatic N) is 1. The molecule has 7 heteroatoms. The number of epoxide rings is 1. The van der Waals surface area contributed by atoms with Crippen LogP contribution in [0.2, 0.25) is 0 Å². The van der Waals surface area contributed by atoms with Crippen molar-refractivity contribution in [3.63, 3.8) is 0 Å². The summed E-state index contributed by atoms with van der Waals surface area (Å²) in [5, 5.41) is 14.7. The highest BCUT2D eigenvalue weighted by Crippen LogP contribution is 2.68. The normalized spacial score (nSPS) is 39.7. The number of aliphatic hydroxyl groups is 1. The van der Waals surface area contributed by atoms with Crippen LogP contribution in [-0.4, -0.2) is 67.6 Å². The Labute approximate surface area is 169 Å². The third kappa shape index (κ3) is 1.92. The Morgan fingerprint density at radius 2 is 2.24 bits per heavy atom. The van der Waals surface area contributed by atoms with Crippen LogP contribution in [0.15, 0.2) is 29.5 Å². The van der Waals surface area contributed by atoms with Crippen LogP contribution in [-0.2, 0) is 19.7 Å². The number of anilines is 1. The van der Waals surface area contributed by atoms with E-state index < -0.39 is 11.5 Å². The molecule has 6 atom stereocenters. The first-order valence-electron chi connectivity index (χ1n) is 10.3. The molecule has 1 aromatic rings. The summed E-state index contributed by atoms with van der Waals surface area (Å²) < 4.78 is 16.7. The lowest BCUT2D eigenvalue weighted by atomic mass is 9.52. The van der Waals surface area contributed by atoms with Gasteiger partial charge in [-0.1, -0.05) is 6.07 Å². The SMILES string of the molecule is COC(=O)C1=C2Nc3cc(OC)ccc3[C@@]23CCN2C[C@@H]4O[C@@H]4[C@@]([C@H](C)O)(C1)[C@@H]23. The summed E-state index contributed by atoms with van der Waals surface area (Å²) in [5.74, 6) is 0.448. The number of carbonyl (C=O) groups is 1. The van der Waals surface area contributed by atoms with Crippen molar-refractivity contribution in [1.29, 1.82) is 0 Å². The monoisotopic (exact) mass is 398 g/mol. The minimum atomic E-state index is -0.608. The smallest absolute Gasteiger partial charge is 0.335 e. The number of benzene rings is 1. The van der Waals surface area contributed by atoms with Gasteiger partial charge < -0.3 is 24.6 Å². The minimum absolute atomic E-state index is 0.0257. The number of ether oxygens (including phenoxy) is 3. The van der Waals surface area contributed by atoms with Crippen molar-refractivity contribution in [2.24, 2.45) is 5.41 Å². The zero-order valence-corrected chi connectivity index (χ0v) is 16.9. The molecule has 7 nitrogen and oxygen atoms in total. The number of esters is 1. The molecule has 0 saturated carbocycles. The van der Waals surface area contributed by atoms with Gasteiger partial charge in [0, 0.05) is 35.5 Å². The van der Waals surface area contributed by atoms with Crippen LogP contribution >= 0.6 is 0 Å². The molecule has 0 bridgehead atoms. The molecule has 1 spiro atoms. The van der Waals surface area contributed by atoms with Gasteiger partial charge in [0.1, 0.15) is 5.75 Å². The number of methoxy groups -OCH3 is 2. The number of fused-ring (bicyclic) bond motifs is 3. The molecule has 29 heavy (non-hydrogen) atoms. The third-order valence-electron chi connectivity index (χ3n) is 8.07. The van der Waals surface area contributed by atoms with E-state index in [4.69, 9.17) is 14.2 Å². The predicted molar refractivity (Wildman–Crippen MR) is 105 cm³/mol. The van der Waals surface area contributed by atoms with Crippen molar-refractivity contribution in [2.75, 3.05) is 32.6 Å². The first kappa shape index (κ1) is 17.7. The maximum absolute atomic E-state index is 12.9. The molecule has 6 rings (SSSR count). The van der Waals surface area contributed by atoms with E-state index in [2.05, 4.69) is 16.3 Å². The first-order valence-corrected chi connectivity index (χ1v) is 10.3. The zero-order chi connectivity index (χ0) is 20.1. The van der Waals surface area contributed by atoms with E-state index in [0.717, 1.165) is 36.6 Å². The van der Waals surface area contributed by atoms with E-state index in [1.165, 1.54) is 12.7 Å². The summed E-state index contributed by atoms with van der Waals surface area (Å²) in [5.41, 5.74) is 2.81. The second-order valence-electron chi connectivity index (χ2n) is 9.06. The number of nitrogens with one attached hydrogen (secondary N) is 1. The number of piperidine rings is 1. The Hall–Kier alpha value is -2.09. The zero-order valence-electron chi connectivity index (χ0n) is 16.9. The van der Waals surface area contributed by atoms with Gasteiger partial charge in [-0.25, -0.2) is 4.79 Å². The molecule has 0 radical (unpaired) electrons. The molecule has 3 fully saturated rings. The summed E-state index contributed by atoms with van der Waals surface area (Å²) in [7, 11) is 3.08. The molecule has 0 unspecified atom stereocenters. The molecular weight excluding hydrogens is 372 g/mol.